The molecule has 1 aromatic heterocycles. The number of hydrogen-bond acceptors (Lipinski definition) is 2. The van der Waals surface area contributed by atoms with E-state index >= 15 is 0 Å². The second-order valence-electron chi connectivity index (χ2n) is 1.45. The van der Waals surface area contributed by atoms with Crippen molar-refractivity contribution in [1.29, 1.82) is 0 Å². The maximum absolute atomic E-state index is 5.28. The molecule has 8 heavy (non-hydrogen) atoms. The molecule has 0 aliphatic heterocycles. The number of aromatic nitrogens is 2. The van der Waals surface area contributed by atoms with Gasteiger partial charge in [0.05, 0.1) is 6.20 Å². The van der Waals surface area contributed by atoms with Gasteiger partial charge in [-0.05, 0) is 25.0 Å². The number of rotatable bonds is 1. The molecule has 0 fully saturated rings. The number of hydrogen-bond donors (Lipinski definition) is 0. The van der Waals surface area contributed by atoms with Gasteiger partial charge in [-0.1, -0.05) is 0 Å². The maximum atomic E-state index is 5.28. The third kappa shape index (κ3) is 1.03. The van der Waals surface area contributed by atoms with E-state index in [1.54, 1.807) is 12.4 Å². The van der Waals surface area contributed by atoms with E-state index in [-0.39, 0.29) is 0 Å². The molecule has 0 aliphatic carbocycles. The molecule has 1 heterocycles. The molecule has 0 aliphatic rings. The molecule has 0 unspecified atom stereocenters. The van der Waals surface area contributed by atoms with Crippen LogP contribution in [0, 0.1) is 6.92 Å². The third-order valence-electron chi connectivity index (χ3n) is 0.881. The summed E-state index contributed by atoms with van der Waals surface area (Å²) in [6.07, 6.45) is 3.82. The predicted octanol–water partition coefficient (Wildman–Crippen LogP) is 0.730. The van der Waals surface area contributed by atoms with E-state index in [1.165, 1.54) is 0 Å². The lowest BCUT2D eigenvalue weighted by molar-refractivity contribution is 1.00. The zero-order valence-electron chi connectivity index (χ0n) is 4.41. The highest BCUT2D eigenvalue weighted by Gasteiger charge is 1.82. The second-order valence-corrected chi connectivity index (χ2v) is 1.45. The highest BCUT2D eigenvalue weighted by Crippen LogP contribution is 1.91. The average Bonchev–Trinajstić information content (AvgIpc) is 1.90. The molecule has 0 atom stereocenters. The topological polar surface area (TPSA) is 25.8 Å². The Bertz CT molecular complexity index is 148. The summed E-state index contributed by atoms with van der Waals surface area (Å²) in [5.74, 6) is 0. The van der Waals surface area contributed by atoms with Crippen LogP contribution in [0.2, 0.25) is 0 Å². The Morgan fingerprint density at radius 2 is 2.38 bits per heavy atom. The predicted molar refractivity (Wildman–Crippen MR) is 30.0 cm³/mol. The molecule has 0 aromatic carbocycles. The fourth-order valence-electron chi connectivity index (χ4n) is 0.439. The van der Waals surface area contributed by atoms with E-state index < -0.39 is 0 Å². The molecule has 0 saturated carbocycles. The minimum Gasteiger partial charge on any atom is -0.159 e. The van der Waals surface area contributed by atoms with Gasteiger partial charge in [0.1, 0.15) is 0 Å². The van der Waals surface area contributed by atoms with Crippen molar-refractivity contribution in [3.8, 4) is 0 Å². The van der Waals surface area contributed by atoms with Gasteiger partial charge >= 0.3 is 0 Å². The van der Waals surface area contributed by atoms with Gasteiger partial charge in [-0.25, -0.2) is 0 Å². The van der Waals surface area contributed by atoms with E-state index in [9.17, 15) is 0 Å². The van der Waals surface area contributed by atoms with Crippen molar-refractivity contribution in [3.63, 3.8) is 0 Å². The lowest BCUT2D eigenvalue weighted by atomic mass is 10.2. The van der Waals surface area contributed by atoms with Gasteiger partial charge in [-0.3, -0.25) is 0 Å². The van der Waals surface area contributed by atoms with Gasteiger partial charge < -0.3 is 0 Å². The van der Waals surface area contributed by atoms with E-state index in [0.29, 0.717) is 6.42 Å². The molecule has 1 rings (SSSR count). The summed E-state index contributed by atoms with van der Waals surface area (Å²) >= 11 is 0. The Labute approximate surface area is 48.6 Å². The van der Waals surface area contributed by atoms with Crippen molar-refractivity contribution in [2.45, 2.75) is 6.42 Å². The van der Waals surface area contributed by atoms with Crippen molar-refractivity contribution in [2.75, 3.05) is 0 Å². The van der Waals surface area contributed by atoms with Crippen LogP contribution in [0.1, 0.15) is 5.56 Å². The fraction of sp³-hybridized carbons (Fsp3) is 0.167. The Hall–Kier alpha value is -0.920. The van der Waals surface area contributed by atoms with Crippen molar-refractivity contribution >= 4 is 0 Å². The summed E-state index contributed by atoms with van der Waals surface area (Å²) in [7, 11) is 0. The van der Waals surface area contributed by atoms with Crippen molar-refractivity contribution in [1.82, 2.24) is 10.2 Å². The maximum Gasteiger partial charge on any atom is 0.0528 e. The molecular formula is C6H6N2. The first-order chi connectivity index (χ1) is 3.93. The third-order valence-corrected chi connectivity index (χ3v) is 0.881. The van der Waals surface area contributed by atoms with E-state index in [2.05, 4.69) is 10.2 Å². The molecule has 2 heteroatoms. The van der Waals surface area contributed by atoms with Crippen molar-refractivity contribution in [3.05, 3.63) is 30.9 Å². The summed E-state index contributed by atoms with van der Waals surface area (Å²) in [6, 6.07) is 1.84. The van der Waals surface area contributed by atoms with Crippen molar-refractivity contribution < 1.29 is 0 Å². The average molecular weight is 106 g/mol. The Morgan fingerprint density at radius 1 is 1.50 bits per heavy atom. The van der Waals surface area contributed by atoms with Gasteiger partial charge in [-0.15, -0.1) is 0 Å². The first-order valence-electron chi connectivity index (χ1n) is 2.39. The highest BCUT2D eigenvalue weighted by molar-refractivity contribution is 5.05. The highest BCUT2D eigenvalue weighted by atomic mass is 15.1. The van der Waals surface area contributed by atoms with Gasteiger partial charge in [0.2, 0.25) is 0 Å². The summed E-state index contributed by atoms with van der Waals surface area (Å²) < 4.78 is 0. The normalized spacial score (nSPS) is 9.12. The summed E-state index contributed by atoms with van der Waals surface area (Å²) in [6.45, 7) is 5.28. The van der Waals surface area contributed by atoms with Crippen molar-refractivity contribution in [2.24, 2.45) is 0 Å². The van der Waals surface area contributed by atoms with Crippen LogP contribution in [0.25, 0.3) is 0 Å². The molecule has 0 amide bonds. The van der Waals surface area contributed by atoms with Crippen LogP contribution in [0.4, 0.5) is 0 Å². The molecule has 1 aromatic rings. The van der Waals surface area contributed by atoms with Crippen LogP contribution in [0.3, 0.4) is 0 Å². The first kappa shape index (κ1) is 5.22. The van der Waals surface area contributed by atoms with Crippen LogP contribution >= 0.6 is 0 Å². The molecule has 0 saturated heterocycles. The summed E-state index contributed by atoms with van der Waals surface area (Å²) in [5.41, 5.74) is 1.01. The zero-order chi connectivity index (χ0) is 5.82. The first-order valence-corrected chi connectivity index (χ1v) is 2.39. The molecule has 2 radical (unpaired) electrons. The Balaban J connectivity index is 2.83. The van der Waals surface area contributed by atoms with Gasteiger partial charge in [0.15, 0.2) is 0 Å². The molecule has 0 N–H and O–H groups in total. The van der Waals surface area contributed by atoms with E-state index in [1.807, 2.05) is 6.07 Å². The van der Waals surface area contributed by atoms with Gasteiger partial charge in [-0.2, -0.15) is 10.2 Å². The smallest absolute Gasteiger partial charge is 0.0528 e. The monoisotopic (exact) mass is 106 g/mol. The van der Waals surface area contributed by atoms with Gasteiger partial charge in [0, 0.05) is 6.20 Å². The van der Waals surface area contributed by atoms with Crippen LogP contribution < -0.4 is 0 Å². The fourth-order valence-corrected chi connectivity index (χ4v) is 0.439. The lowest BCUT2D eigenvalue weighted by Gasteiger charge is -1.87. The van der Waals surface area contributed by atoms with E-state index in [0.717, 1.165) is 5.56 Å². The molecule has 0 spiro atoms. The van der Waals surface area contributed by atoms with Gasteiger partial charge in [0.25, 0.3) is 0 Å². The largest absolute Gasteiger partial charge is 0.159 e. The Kier molecular flexibility index (Phi) is 1.57. The van der Waals surface area contributed by atoms with E-state index in [4.69, 9.17) is 6.92 Å². The standard InChI is InChI=1S/C6H6N2/c1-2-6-3-4-7-8-5-6/h1,3-5H,2H2. The summed E-state index contributed by atoms with van der Waals surface area (Å²) in [4.78, 5) is 0. The minimum absolute atomic E-state index is 0.537. The molecule has 40 valence electrons. The quantitative estimate of drug-likeness (QED) is 0.527. The SMILES string of the molecule is [CH]Cc1ccnnc1. The second kappa shape index (κ2) is 2.40. The number of nitrogens with zero attached hydrogens (tertiary/aromatic N) is 2. The zero-order valence-corrected chi connectivity index (χ0v) is 4.41. The minimum atomic E-state index is 0.537. The lowest BCUT2D eigenvalue weighted by Crippen LogP contribution is -1.82. The summed E-state index contributed by atoms with van der Waals surface area (Å²) in [5, 5.41) is 7.21. The molecule has 2 nitrogen and oxygen atoms in total. The van der Waals surface area contributed by atoms with Crippen LogP contribution in [-0.2, 0) is 6.42 Å². The van der Waals surface area contributed by atoms with Crippen LogP contribution in [0.5, 0.6) is 0 Å². The Morgan fingerprint density at radius 3 is 2.75 bits per heavy atom. The van der Waals surface area contributed by atoms with Crippen LogP contribution in [0.15, 0.2) is 18.5 Å². The van der Waals surface area contributed by atoms with Crippen LogP contribution in [-0.4, -0.2) is 10.2 Å². The molecule has 0 bridgehead atoms. The molecular weight excluding hydrogens is 100 g/mol.